The molecule has 0 saturated carbocycles. The van der Waals surface area contributed by atoms with Crippen LogP contribution in [0.25, 0.3) is 21.5 Å². The third-order valence-electron chi connectivity index (χ3n) is 9.70. The van der Waals surface area contributed by atoms with Gasteiger partial charge in [0.15, 0.2) is 0 Å². The Bertz CT molecular complexity index is 2340. The van der Waals surface area contributed by atoms with Gasteiger partial charge in [0.2, 0.25) is 11.6 Å². The topological polar surface area (TPSA) is 196 Å². The molecule has 0 saturated heterocycles. The maximum Gasteiger partial charge on any atom is 0.201 e. The number of benzene rings is 6. The summed E-state index contributed by atoms with van der Waals surface area (Å²) >= 11 is 0. The molecule has 10 heteroatoms. The Morgan fingerprint density at radius 3 is 1.12 bits per heavy atom. The van der Waals surface area contributed by atoms with Gasteiger partial charge in [0, 0.05) is 34.7 Å². The molecule has 6 aromatic rings. The zero-order valence-electron chi connectivity index (χ0n) is 25.3. The predicted molar refractivity (Wildman–Crippen MR) is 174 cm³/mol. The van der Waals surface area contributed by atoms with E-state index < -0.39 is 46.4 Å². The first-order valence-corrected chi connectivity index (χ1v) is 15.0. The lowest BCUT2D eigenvalue weighted by Gasteiger charge is -2.39. The summed E-state index contributed by atoms with van der Waals surface area (Å²) in [5.41, 5.74) is 0.745. The Kier molecular flexibility index (Phi) is 5.77. The van der Waals surface area contributed by atoms with Crippen LogP contribution in [0.5, 0.6) is 46.0 Å². The van der Waals surface area contributed by atoms with E-state index >= 15 is 0 Å². The third kappa shape index (κ3) is 3.74. The number of fused-ring (bicyclic) bond motifs is 6. The molecule has 0 amide bonds. The van der Waals surface area contributed by atoms with Crippen LogP contribution in [0.15, 0.2) is 60.7 Å². The molecule has 48 heavy (non-hydrogen) atoms. The predicted octanol–water partition coefficient (Wildman–Crippen LogP) is 6.31. The molecule has 0 unspecified atom stereocenters. The van der Waals surface area contributed by atoms with Crippen LogP contribution in [0.4, 0.5) is 0 Å². The fourth-order valence-electron chi connectivity index (χ4n) is 7.99. The molecule has 8 N–H and O–H groups in total. The van der Waals surface area contributed by atoms with Crippen LogP contribution in [-0.2, 0) is 0 Å². The van der Waals surface area contributed by atoms with Crippen molar-refractivity contribution in [1.29, 1.82) is 0 Å². The summed E-state index contributed by atoms with van der Waals surface area (Å²) < 4.78 is 0. The quantitative estimate of drug-likeness (QED) is 0.101. The zero-order valence-corrected chi connectivity index (χ0v) is 25.3. The Morgan fingerprint density at radius 1 is 0.417 bits per heavy atom. The highest BCUT2D eigenvalue weighted by Gasteiger charge is 2.46. The molecule has 0 spiro atoms. The van der Waals surface area contributed by atoms with Crippen molar-refractivity contribution in [3.8, 4) is 46.0 Å². The number of aromatic hydroxyl groups is 8. The number of phenolic OH excluding ortho intramolecular Hbond substituents is 8. The van der Waals surface area contributed by atoms with Crippen molar-refractivity contribution < 1.29 is 50.4 Å². The maximum absolute atomic E-state index is 14.2. The number of phenols is 8. The molecule has 238 valence electrons. The Balaban J connectivity index is 1.58. The molecule has 0 fully saturated rings. The van der Waals surface area contributed by atoms with E-state index in [1.54, 1.807) is 26.0 Å². The highest BCUT2D eigenvalue weighted by molar-refractivity contribution is 6.21. The molecule has 2 atom stereocenters. The summed E-state index contributed by atoms with van der Waals surface area (Å²) in [7, 11) is 0. The molecular formula is C38H26O10. The fourth-order valence-corrected chi connectivity index (χ4v) is 7.99. The SMILES string of the molecule is Cc1cc(O)cc2cc3c(c(O)c12)C(=O)c1c(O)cc(O)cc1[C@H]3[C@@H]1c2cc(O)cc(O)c2C(=O)c2c1cc1cc(O)cc(C)c1c2O. The highest BCUT2D eigenvalue weighted by Crippen LogP contribution is 2.58. The van der Waals surface area contributed by atoms with Crippen LogP contribution in [0.2, 0.25) is 0 Å². The van der Waals surface area contributed by atoms with E-state index in [9.17, 15) is 50.4 Å². The van der Waals surface area contributed by atoms with Gasteiger partial charge in [0.1, 0.15) is 46.0 Å². The number of rotatable bonds is 1. The molecule has 8 rings (SSSR count). The molecule has 0 radical (unpaired) electrons. The van der Waals surface area contributed by atoms with E-state index in [4.69, 9.17) is 0 Å². The first-order chi connectivity index (χ1) is 22.8. The summed E-state index contributed by atoms with van der Waals surface area (Å²) in [6.45, 7) is 3.30. The average Bonchev–Trinajstić information content (AvgIpc) is 2.96. The Labute approximate surface area is 271 Å². The molecule has 0 aromatic heterocycles. The van der Waals surface area contributed by atoms with Crippen LogP contribution in [0.1, 0.15) is 77.1 Å². The molecule has 0 heterocycles. The standard InChI is InChI=1S/C38H26O10/c1-13-3-17(39)5-15-7-21-29(23-9-19(41)11-25(43)31(23)37(47)33(21)35(45)27(13)15)30-22-8-16-6-18(40)4-14(2)28(16)36(46)34(22)38(48)32-24(30)10-20(42)12-26(32)44/h3-12,29-30,39-46H,1-2H3/t29-,30-/m0/s1. The smallest absolute Gasteiger partial charge is 0.201 e. The number of hydrogen-bond donors (Lipinski definition) is 8. The second-order valence-electron chi connectivity index (χ2n) is 12.6. The number of ketones is 2. The Morgan fingerprint density at radius 2 is 0.750 bits per heavy atom. The van der Waals surface area contributed by atoms with Crippen LogP contribution < -0.4 is 0 Å². The van der Waals surface area contributed by atoms with Gasteiger partial charge in [0.05, 0.1) is 22.3 Å². The van der Waals surface area contributed by atoms with Gasteiger partial charge in [-0.25, -0.2) is 0 Å². The summed E-state index contributed by atoms with van der Waals surface area (Å²) in [6, 6.07) is 13.4. The summed E-state index contributed by atoms with van der Waals surface area (Å²) in [6.07, 6.45) is 0. The maximum atomic E-state index is 14.2. The van der Waals surface area contributed by atoms with Gasteiger partial charge in [0.25, 0.3) is 0 Å². The van der Waals surface area contributed by atoms with Gasteiger partial charge in [-0.1, -0.05) is 0 Å². The second-order valence-corrected chi connectivity index (χ2v) is 12.6. The van der Waals surface area contributed by atoms with Crippen LogP contribution in [0.3, 0.4) is 0 Å². The van der Waals surface area contributed by atoms with E-state index in [1.165, 1.54) is 36.4 Å². The Hall–Kier alpha value is -6.42. The van der Waals surface area contributed by atoms with Gasteiger partial charge >= 0.3 is 0 Å². The molecule has 10 nitrogen and oxygen atoms in total. The zero-order chi connectivity index (χ0) is 34.1. The first kappa shape index (κ1) is 29.0. The number of aryl methyl sites for hydroxylation is 2. The van der Waals surface area contributed by atoms with E-state index in [0.717, 1.165) is 12.1 Å². The van der Waals surface area contributed by atoms with Crippen molar-refractivity contribution in [1.82, 2.24) is 0 Å². The lowest BCUT2D eigenvalue weighted by Crippen LogP contribution is -2.29. The number of carbonyl (C=O) groups is 2. The van der Waals surface area contributed by atoms with Gasteiger partial charge < -0.3 is 40.9 Å². The third-order valence-corrected chi connectivity index (χ3v) is 9.70. The molecule has 2 aliphatic carbocycles. The van der Waals surface area contributed by atoms with Crippen molar-refractivity contribution in [2.45, 2.75) is 25.7 Å². The number of hydrogen-bond acceptors (Lipinski definition) is 10. The number of carbonyl (C=O) groups excluding carboxylic acids is 2. The minimum atomic E-state index is -1.12. The monoisotopic (exact) mass is 642 g/mol. The lowest BCUT2D eigenvalue weighted by atomic mass is 9.63. The summed E-state index contributed by atoms with van der Waals surface area (Å²) in [4.78, 5) is 28.4. The highest BCUT2D eigenvalue weighted by atomic mass is 16.3. The molecule has 2 aliphatic rings. The molecule has 0 aliphatic heterocycles. The minimum absolute atomic E-state index is 0.103. The van der Waals surface area contributed by atoms with Crippen molar-refractivity contribution >= 4 is 33.1 Å². The van der Waals surface area contributed by atoms with E-state index in [2.05, 4.69) is 0 Å². The average molecular weight is 643 g/mol. The van der Waals surface area contributed by atoms with Gasteiger partial charge in [-0.3, -0.25) is 9.59 Å². The largest absolute Gasteiger partial charge is 0.508 e. The summed E-state index contributed by atoms with van der Waals surface area (Å²) in [5, 5.41) is 89.4. The van der Waals surface area contributed by atoms with Crippen molar-refractivity contribution in [3.05, 3.63) is 116 Å². The van der Waals surface area contributed by atoms with Crippen molar-refractivity contribution in [2.24, 2.45) is 0 Å². The van der Waals surface area contributed by atoms with Crippen LogP contribution >= 0.6 is 0 Å². The molecule has 6 aromatic carbocycles. The van der Waals surface area contributed by atoms with Crippen molar-refractivity contribution in [3.63, 3.8) is 0 Å². The van der Waals surface area contributed by atoms with E-state index in [-0.39, 0.29) is 78.3 Å². The van der Waals surface area contributed by atoms with Gasteiger partial charge in [-0.05, 0) is 107 Å². The van der Waals surface area contributed by atoms with Gasteiger partial charge in [-0.15, -0.1) is 0 Å². The fraction of sp³-hybridized carbons (Fsp3) is 0.105. The molecular weight excluding hydrogens is 616 g/mol. The van der Waals surface area contributed by atoms with Crippen LogP contribution in [-0.4, -0.2) is 52.4 Å². The van der Waals surface area contributed by atoms with E-state index in [1.807, 2.05) is 0 Å². The summed E-state index contributed by atoms with van der Waals surface area (Å²) in [5.74, 6) is -6.68. The van der Waals surface area contributed by atoms with E-state index in [0.29, 0.717) is 21.9 Å². The minimum Gasteiger partial charge on any atom is -0.508 e. The molecule has 0 bridgehead atoms. The normalized spacial score (nSPS) is 16.5. The van der Waals surface area contributed by atoms with Crippen LogP contribution in [0, 0.1) is 13.8 Å². The lowest BCUT2D eigenvalue weighted by molar-refractivity contribution is 0.101. The van der Waals surface area contributed by atoms with Gasteiger partial charge in [-0.2, -0.15) is 0 Å². The first-order valence-electron chi connectivity index (χ1n) is 15.0. The van der Waals surface area contributed by atoms with Crippen molar-refractivity contribution in [2.75, 3.05) is 0 Å². The second kappa shape index (κ2) is 9.55.